The van der Waals surface area contributed by atoms with Crippen LogP contribution in [0.3, 0.4) is 0 Å². The molecule has 2 aromatic carbocycles. The molecule has 0 aliphatic carbocycles. The number of esters is 1. The molecule has 0 radical (unpaired) electrons. The van der Waals surface area contributed by atoms with Crippen molar-refractivity contribution in [2.45, 2.75) is 13.5 Å². The third-order valence-corrected chi connectivity index (χ3v) is 5.02. The minimum atomic E-state index is -0.492. The van der Waals surface area contributed by atoms with Crippen LogP contribution in [0.25, 0.3) is 17.0 Å². The summed E-state index contributed by atoms with van der Waals surface area (Å²) in [6.07, 6.45) is 2.46. The molecule has 27 heavy (non-hydrogen) atoms. The predicted octanol–water partition coefficient (Wildman–Crippen LogP) is 5.33. The number of aromatic nitrogens is 1. The van der Waals surface area contributed by atoms with Gasteiger partial charge < -0.3 is 9.30 Å². The summed E-state index contributed by atoms with van der Waals surface area (Å²) < 4.78 is 6.74. The second-order valence-corrected chi connectivity index (χ2v) is 6.90. The lowest BCUT2D eigenvalue weighted by Gasteiger charge is -2.11. The normalized spacial score (nSPS) is 11.6. The van der Waals surface area contributed by atoms with E-state index in [9.17, 15) is 9.59 Å². The number of aryl methyl sites for hydroxylation is 1. The minimum Gasteiger partial charge on any atom is -0.466 e. The number of benzene rings is 2. The third-order valence-electron chi connectivity index (χ3n) is 4.45. The molecule has 1 heterocycles. The first-order chi connectivity index (χ1) is 13.0. The summed E-state index contributed by atoms with van der Waals surface area (Å²) in [6, 6.07) is 12.7. The van der Waals surface area contributed by atoms with E-state index in [0.717, 1.165) is 22.8 Å². The molecular formula is C21H17Cl2NO3. The molecule has 3 rings (SSSR count). The van der Waals surface area contributed by atoms with Crippen molar-refractivity contribution in [1.29, 1.82) is 0 Å². The zero-order chi connectivity index (χ0) is 19.6. The van der Waals surface area contributed by atoms with Gasteiger partial charge in [0, 0.05) is 20.9 Å². The highest BCUT2D eigenvalue weighted by molar-refractivity contribution is 6.35. The Bertz CT molecular complexity index is 1070. The molecule has 0 spiro atoms. The average Bonchev–Trinajstić information content (AvgIpc) is 2.94. The van der Waals surface area contributed by atoms with E-state index in [-0.39, 0.29) is 6.54 Å². The van der Waals surface area contributed by atoms with Crippen LogP contribution in [0, 0.1) is 6.92 Å². The average molecular weight is 402 g/mol. The number of aldehydes is 1. The van der Waals surface area contributed by atoms with Gasteiger partial charge >= 0.3 is 5.97 Å². The lowest BCUT2D eigenvalue weighted by atomic mass is 10.1. The van der Waals surface area contributed by atoms with E-state index >= 15 is 0 Å². The number of ether oxygens (including phenoxy) is 1. The lowest BCUT2D eigenvalue weighted by molar-refractivity contribution is -0.136. The van der Waals surface area contributed by atoms with Crippen molar-refractivity contribution in [3.8, 4) is 0 Å². The van der Waals surface area contributed by atoms with Crippen LogP contribution in [0.4, 0.5) is 0 Å². The van der Waals surface area contributed by atoms with Gasteiger partial charge in [-0.1, -0.05) is 47.5 Å². The van der Waals surface area contributed by atoms with E-state index in [4.69, 9.17) is 27.9 Å². The topological polar surface area (TPSA) is 48.3 Å². The van der Waals surface area contributed by atoms with E-state index in [1.165, 1.54) is 7.11 Å². The summed E-state index contributed by atoms with van der Waals surface area (Å²) in [5, 5.41) is 1.90. The maximum absolute atomic E-state index is 12.4. The SMILES string of the molecule is COC(=O)/C(=C/c1ccc(Cl)cc1Cl)Cn1c(C=O)c(C)c2ccccc21. The lowest BCUT2D eigenvalue weighted by Crippen LogP contribution is -2.13. The summed E-state index contributed by atoms with van der Waals surface area (Å²) in [4.78, 5) is 24.1. The molecule has 0 N–H and O–H groups in total. The van der Waals surface area contributed by atoms with Gasteiger partial charge in [-0.3, -0.25) is 4.79 Å². The monoisotopic (exact) mass is 401 g/mol. The molecule has 4 nitrogen and oxygen atoms in total. The maximum Gasteiger partial charge on any atom is 0.335 e. The van der Waals surface area contributed by atoms with E-state index in [2.05, 4.69) is 0 Å². The van der Waals surface area contributed by atoms with Crippen molar-refractivity contribution in [2.75, 3.05) is 7.11 Å². The summed E-state index contributed by atoms with van der Waals surface area (Å²) >= 11 is 12.2. The molecule has 6 heteroatoms. The van der Waals surface area contributed by atoms with Crippen LogP contribution >= 0.6 is 23.2 Å². The van der Waals surface area contributed by atoms with Crippen molar-refractivity contribution >= 4 is 52.4 Å². The van der Waals surface area contributed by atoms with Gasteiger partial charge in [0.1, 0.15) is 0 Å². The number of hydrogen-bond acceptors (Lipinski definition) is 3. The van der Waals surface area contributed by atoms with Crippen molar-refractivity contribution in [2.24, 2.45) is 0 Å². The predicted molar refractivity (Wildman–Crippen MR) is 109 cm³/mol. The number of methoxy groups -OCH3 is 1. The molecular weight excluding hydrogens is 385 g/mol. The van der Waals surface area contributed by atoms with Crippen LogP contribution in [0.2, 0.25) is 10.0 Å². The van der Waals surface area contributed by atoms with Crippen LogP contribution in [0.5, 0.6) is 0 Å². The van der Waals surface area contributed by atoms with Crippen molar-refractivity contribution in [3.05, 3.63) is 74.9 Å². The first kappa shape index (κ1) is 19.2. The Morgan fingerprint density at radius 3 is 2.59 bits per heavy atom. The highest BCUT2D eigenvalue weighted by Gasteiger charge is 2.18. The van der Waals surface area contributed by atoms with E-state index in [1.807, 2.05) is 35.8 Å². The Hall–Kier alpha value is -2.56. The molecule has 0 saturated heterocycles. The van der Waals surface area contributed by atoms with Crippen LogP contribution in [-0.2, 0) is 16.1 Å². The number of carbonyl (C=O) groups excluding carboxylic acids is 2. The molecule has 0 unspecified atom stereocenters. The van der Waals surface area contributed by atoms with Crippen molar-refractivity contribution in [1.82, 2.24) is 4.57 Å². The van der Waals surface area contributed by atoms with Gasteiger partial charge in [0.15, 0.2) is 6.29 Å². The molecule has 0 aliphatic rings. The van der Waals surface area contributed by atoms with Gasteiger partial charge in [0.25, 0.3) is 0 Å². The van der Waals surface area contributed by atoms with Gasteiger partial charge in [-0.15, -0.1) is 0 Å². The second kappa shape index (κ2) is 7.99. The van der Waals surface area contributed by atoms with Crippen molar-refractivity contribution < 1.29 is 14.3 Å². The Morgan fingerprint density at radius 1 is 1.19 bits per heavy atom. The van der Waals surface area contributed by atoms with Crippen LogP contribution in [0.1, 0.15) is 21.6 Å². The quantitative estimate of drug-likeness (QED) is 0.330. The number of fused-ring (bicyclic) bond motifs is 1. The van der Waals surface area contributed by atoms with Gasteiger partial charge in [0.05, 0.1) is 24.9 Å². The van der Waals surface area contributed by atoms with Crippen LogP contribution in [-0.4, -0.2) is 23.9 Å². The van der Waals surface area contributed by atoms with Crippen LogP contribution in [0.15, 0.2) is 48.0 Å². The molecule has 0 saturated carbocycles. The summed E-state index contributed by atoms with van der Waals surface area (Å²) in [7, 11) is 1.32. The summed E-state index contributed by atoms with van der Waals surface area (Å²) in [5.74, 6) is -0.492. The number of hydrogen-bond donors (Lipinski definition) is 0. The molecule has 0 atom stereocenters. The number of para-hydroxylation sites is 1. The standard InChI is InChI=1S/C21H17Cl2NO3/c1-13-17-5-3-4-6-19(17)24(20(13)12-25)11-15(21(26)27-2)9-14-7-8-16(22)10-18(14)23/h3-10,12H,11H2,1-2H3/b15-9+. The van der Waals surface area contributed by atoms with Crippen molar-refractivity contribution in [3.63, 3.8) is 0 Å². The zero-order valence-electron chi connectivity index (χ0n) is 14.8. The third kappa shape index (κ3) is 3.77. The fourth-order valence-electron chi connectivity index (χ4n) is 3.10. The number of halogens is 2. The smallest absolute Gasteiger partial charge is 0.335 e. The summed E-state index contributed by atoms with van der Waals surface area (Å²) in [5.41, 5.74) is 3.27. The minimum absolute atomic E-state index is 0.175. The Labute approximate surface area is 166 Å². The fraction of sp³-hybridized carbons (Fsp3) is 0.143. The Kier molecular flexibility index (Phi) is 5.68. The Morgan fingerprint density at radius 2 is 1.93 bits per heavy atom. The molecule has 1 aromatic heterocycles. The molecule has 0 aliphatic heterocycles. The van der Waals surface area contributed by atoms with E-state index < -0.39 is 5.97 Å². The van der Waals surface area contributed by atoms with Gasteiger partial charge in [0.2, 0.25) is 0 Å². The van der Waals surface area contributed by atoms with E-state index in [1.54, 1.807) is 24.3 Å². The zero-order valence-corrected chi connectivity index (χ0v) is 16.3. The van der Waals surface area contributed by atoms with Gasteiger partial charge in [-0.05, 0) is 42.3 Å². The first-order valence-corrected chi connectivity index (χ1v) is 8.98. The van der Waals surface area contributed by atoms with Gasteiger partial charge in [-0.25, -0.2) is 4.79 Å². The highest BCUT2D eigenvalue weighted by atomic mass is 35.5. The Balaban J connectivity index is 2.14. The molecule has 0 bridgehead atoms. The highest BCUT2D eigenvalue weighted by Crippen LogP contribution is 2.27. The molecule has 0 fully saturated rings. The number of rotatable bonds is 5. The second-order valence-electron chi connectivity index (χ2n) is 6.06. The maximum atomic E-state index is 12.4. The van der Waals surface area contributed by atoms with E-state index in [0.29, 0.717) is 26.9 Å². The first-order valence-electron chi connectivity index (χ1n) is 8.23. The number of nitrogens with zero attached hydrogens (tertiary/aromatic N) is 1. The van der Waals surface area contributed by atoms with Gasteiger partial charge in [-0.2, -0.15) is 0 Å². The molecule has 0 amide bonds. The number of carbonyl (C=O) groups is 2. The molecule has 3 aromatic rings. The largest absolute Gasteiger partial charge is 0.466 e. The van der Waals surface area contributed by atoms with Crippen LogP contribution < -0.4 is 0 Å². The summed E-state index contributed by atoms with van der Waals surface area (Å²) in [6.45, 7) is 2.06. The fourth-order valence-corrected chi connectivity index (χ4v) is 3.56. The molecule has 138 valence electrons.